The van der Waals surface area contributed by atoms with E-state index in [1.54, 1.807) is 13.8 Å². The van der Waals surface area contributed by atoms with Crippen LogP contribution < -0.4 is 10.5 Å². The zero-order valence-electron chi connectivity index (χ0n) is 9.37. The number of hydrogen-bond donors (Lipinski definition) is 2. The summed E-state index contributed by atoms with van der Waals surface area (Å²) in [6.45, 7) is 3.20. The topological polar surface area (TPSA) is 72.5 Å². The molecule has 0 amide bonds. The molecule has 0 bridgehead atoms. The second kappa shape index (κ2) is 4.72. The zero-order chi connectivity index (χ0) is 12.5. The third-order valence-electron chi connectivity index (χ3n) is 2.34. The third kappa shape index (κ3) is 2.13. The Bertz CT molecular complexity index is 430. The van der Waals surface area contributed by atoms with Gasteiger partial charge in [-0.2, -0.15) is 0 Å². The number of carbonyl (C=O) groups excluding carboxylic acids is 1. The maximum absolute atomic E-state index is 11.8. The Morgan fingerprint density at radius 2 is 2.19 bits per heavy atom. The van der Waals surface area contributed by atoms with Gasteiger partial charge in [0, 0.05) is 11.1 Å². The number of carbonyl (C=O) groups is 1. The van der Waals surface area contributed by atoms with Gasteiger partial charge in [0.05, 0.1) is 18.7 Å². The SMILES string of the molecule is COc1cc(Cl)c(C)c(C(=O)C(C)N)c1O. The molecule has 5 heteroatoms. The lowest BCUT2D eigenvalue weighted by Gasteiger charge is -2.14. The van der Waals surface area contributed by atoms with Crippen molar-refractivity contribution >= 4 is 17.4 Å². The van der Waals surface area contributed by atoms with Crippen molar-refractivity contribution in [3.8, 4) is 11.5 Å². The maximum atomic E-state index is 11.8. The summed E-state index contributed by atoms with van der Waals surface area (Å²) < 4.78 is 4.92. The van der Waals surface area contributed by atoms with E-state index < -0.39 is 6.04 Å². The summed E-state index contributed by atoms with van der Waals surface area (Å²) in [5.74, 6) is -0.415. The minimum Gasteiger partial charge on any atom is -0.504 e. The van der Waals surface area contributed by atoms with Crippen molar-refractivity contribution in [1.29, 1.82) is 0 Å². The van der Waals surface area contributed by atoms with Gasteiger partial charge in [-0.3, -0.25) is 4.79 Å². The van der Waals surface area contributed by atoms with E-state index in [1.165, 1.54) is 13.2 Å². The molecule has 1 aromatic carbocycles. The molecule has 1 atom stereocenters. The number of Topliss-reactive ketones (excluding diaryl/α,β-unsaturated/α-hetero) is 1. The molecule has 0 aliphatic carbocycles. The van der Waals surface area contributed by atoms with Crippen LogP contribution in [0.25, 0.3) is 0 Å². The summed E-state index contributed by atoms with van der Waals surface area (Å²) in [6, 6.07) is 0.761. The Labute approximate surface area is 99.0 Å². The fourth-order valence-corrected chi connectivity index (χ4v) is 1.59. The van der Waals surface area contributed by atoms with Crippen molar-refractivity contribution in [2.45, 2.75) is 19.9 Å². The van der Waals surface area contributed by atoms with Crippen molar-refractivity contribution in [3.63, 3.8) is 0 Å². The number of nitrogens with two attached hydrogens (primary N) is 1. The molecule has 16 heavy (non-hydrogen) atoms. The van der Waals surface area contributed by atoms with Gasteiger partial charge in [-0.05, 0) is 19.4 Å². The number of aromatic hydroxyl groups is 1. The van der Waals surface area contributed by atoms with Crippen molar-refractivity contribution in [1.82, 2.24) is 0 Å². The Hall–Kier alpha value is -1.26. The number of ether oxygens (including phenoxy) is 1. The van der Waals surface area contributed by atoms with Gasteiger partial charge in [0.15, 0.2) is 17.3 Å². The molecule has 0 aliphatic rings. The van der Waals surface area contributed by atoms with Crippen LogP contribution >= 0.6 is 11.6 Å². The number of phenolic OH excluding ortho intramolecular Hbond substituents is 1. The molecule has 0 radical (unpaired) electrons. The number of rotatable bonds is 3. The van der Waals surface area contributed by atoms with Gasteiger partial charge < -0.3 is 15.6 Å². The Balaban J connectivity index is 3.47. The molecule has 1 rings (SSSR count). The van der Waals surface area contributed by atoms with Gasteiger partial charge in [0.1, 0.15) is 0 Å². The van der Waals surface area contributed by atoms with E-state index in [-0.39, 0.29) is 22.8 Å². The largest absolute Gasteiger partial charge is 0.504 e. The molecule has 3 N–H and O–H groups in total. The molecule has 0 aromatic heterocycles. The average molecular weight is 244 g/mol. The Kier molecular flexibility index (Phi) is 3.78. The van der Waals surface area contributed by atoms with E-state index >= 15 is 0 Å². The molecule has 0 heterocycles. The van der Waals surface area contributed by atoms with E-state index in [0.29, 0.717) is 10.6 Å². The molecule has 1 unspecified atom stereocenters. The molecular weight excluding hydrogens is 230 g/mol. The van der Waals surface area contributed by atoms with Gasteiger partial charge in [-0.25, -0.2) is 0 Å². The first-order valence-corrected chi connectivity index (χ1v) is 5.13. The van der Waals surface area contributed by atoms with E-state index in [0.717, 1.165) is 0 Å². The summed E-state index contributed by atoms with van der Waals surface area (Å²) in [5, 5.41) is 10.2. The summed E-state index contributed by atoms with van der Waals surface area (Å²) >= 11 is 5.93. The summed E-state index contributed by atoms with van der Waals surface area (Å²) in [5.41, 5.74) is 6.13. The predicted molar refractivity (Wildman–Crippen MR) is 62.4 cm³/mol. The van der Waals surface area contributed by atoms with Crippen molar-refractivity contribution in [3.05, 3.63) is 22.2 Å². The smallest absolute Gasteiger partial charge is 0.183 e. The lowest BCUT2D eigenvalue weighted by Crippen LogP contribution is -2.27. The third-order valence-corrected chi connectivity index (χ3v) is 2.73. The summed E-state index contributed by atoms with van der Waals surface area (Å²) in [4.78, 5) is 11.8. The molecule has 4 nitrogen and oxygen atoms in total. The van der Waals surface area contributed by atoms with Crippen LogP contribution in [0.5, 0.6) is 11.5 Å². The molecule has 0 saturated heterocycles. The summed E-state index contributed by atoms with van der Waals surface area (Å²) in [6.07, 6.45) is 0. The standard InChI is InChI=1S/C11H14ClNO3/c1-5-7(12)4-8(16-3)11(15)9(5)10(14)6(2)13/h4,6,15H,13H2,1-3H3. The quantitative estimate of drug-likeness (QED) is 0.796. The van der Waals surface area contributed by atoms with E-state index in [9.17, 15) is 9.90 Å². The van der Waals surface area contributed by atoms with Crippen LogP contribution in [0.3, 0.4) is 0 Å². The highest BCUT2D eigenvalue weighted by Gasteiger charge is 2.22. The first kappa shape index (κ1) is 12.8. The summed E-state index contributed by atoms with van der Waals surface area (Å²) in [7, 11) is 1.39. The van der Waals surface area contributed by atoms with E-state index in [4.69, 9.17) is 22.1 Å². The fourth-order valence-electron chi connectivity index (χ4n) is 1.40. The minimum atomic E-state index is -0.701. The second-order valence-electron chi connectivity index (χ2n) is 3.56. The van der Waals surface area contributed by atoms with Gasteiger partial charge in [-0.1, -0.05) is 11.6 Å². The van der Waals surface area contributed by atoms with Crippen molar-refractivity contribution < 1.29 is 14.6 Å². The van der Waals surface area contributed by atoms with Crippen LogP contribution in [0.15, 0.2) is 6.07 Å². The lowest BCUT2D eigenvalue weighted by molar-refractivity contribution is 0.0964. The first-order valence-electron chi connectivity index (χ1n) is 4.76. The average Bonchev–Trinajstić information content (AvgIpc) is 2.23. The van der Waals surface area contributed by atoms with Gasteiger partial charge in [0.25, 0.3) is 0 Å². The number of benzene rings is 1. The minimum absolute atomic E-state index is 0.124. The molecule has 0 aliphatic heterocycles. The predicted octanol–water partition coefficient (Wildman–Crippen LogP) is 1.89. The van der Waals surface area contributed by atoms with Gasteiger partial charge >= 0.3 is 0 Å². The molecule has 1 aromatic rings. The number of hydrogen-bond acceptors (Lipinski definition) is 4. The number of methoxy groups -OCH3 is 1. The van der Waals surface area contributed by atoms with Crippen LogP contribution in [-0.2, 0) is 0 Å². The number of ketones is 1. The van der Waals surface area contributed by atoms with Crippen molar-refractivity contribution in [2.75, 3.05) is 7.11 Å². The van der Waals surface area contributed by atoms with Crippen LogP contribution in [0.1, 0.15) is 22.8 Å². The maximum Gasteiger partial charge on any atom is 0.183 e. The van der Waals surface area contributed by atoms with E-state index in [2.05, 4.69) is 0 Å². The molecule has 88 valence electrons. The highest BCUT2D eigenvalue weighted by molar-refractivity contribution is 6.32. The van der Waals surface area contributed by atoms with Crippen molar-refractivity contribution in [2.24, 2.45) is 5.73 Å². The van der Waals surface area contributed by atoms with Crippen LogP contribution in [0, 0.1) is 6.92 Å². The van der Waals surface area contributed by atoms with E-state index in [1.807, 2.05) is 0 Å². The number of phenols is 1. The van der Waals surface area contributed by atoms with Gasteiger partial charge in [0.2, 0.25) is 0 Å². The second-order valence-corrected chi connectivity index (χ2v) is 3.97. The molecule has 0 saturated carbocycles. The van der Waals surface area contributed by atoms with Gasteiger partial charge in [-0.15, -0.1) is 0 Å². The first-order chi connectivity index (χ1) is 7.40. The lowest BCUT2D eigenvalue weighted by atomic mass is 9.99. The van der Waals surface area contributed by atoms with Crippen LogP contribution in [0.2, 0.25) is 5.02 Å². The molecule has 0 spiro atoms. The highest BCUT2D eigenvalue weighted by atomic mass is 35.5. The molecular formula is C11H14ClNO3. The Morgan fingerprint density at radius 1 is 1.62 bits per heavy atom. The number of halogens is 1. The highest BCUT2D eigenvalue weighted by Crippen LogP contribution is 2.37. The monoisotopic (exact) mass is 243 g/mol. The fraction of sp³-hybridized carbons (Fsp3) is 0.364. The zero-order valence-corrected chi connectivity index (χ0v) is 10.1. The normalized spacial score (nSPS) is 12.3. The van der Waals surface area contributed by atoms with Crippen LogP contribution in [0.4, 0.5) is 0 Å². The Morgan fingerprint density at radius 3 is 2.62 bits per heavy atom. The van der Waals surface area contributed by atoms with Crippen LogP contribution in [-0.4, -0.2) is 24.0 Å². The molecule has 0 fully saturated rings.